The predicted octanol–water partition coefficient (Wildman–Crippen LogP) is 4.57. The van der Waals surface area contributed by atoms with Crippen LogP contribution in [0.1, 0.15) is 26.5 Å². The number of thiazole rings is 1. The Kier molecular flexibility index (Phi) is 5.20. The quantitative estimate of drug-likeness (QED) is 0.600. The molecule has 0 saturated carbocycles. The molecule has 0 fully saturated rings. The molecule has 1 aromatic heterocycles. The number of carbonyl (C=O) groups is 1. The van der Waals surface area contributed by atoms with Gasteiger partial charge in [-0.3, -0.25) is 4.90 Å². The van der Waals surface area contributed by atoms with Gasteiger partial charge in [0.15, 0.2) is 12.3 Å². The fourth-order valence-corrected chi connectivity index (χ4v) is 4.08. The first-order valence-electron chi connectivity index (χ1n) is 7.55. The number of nitrogens with one attached hydrogen (secondary N) is 1. The predicted molar refractivity (Wildman–Crippen MR) is 99.1 cm³/mol. The van der Waals surface area contributed by atoms with Crippen LogP contribution < -0.4 is 0 Å². The Morgan fingerprint density at radius 2 is 2.22 bits per heavy atom. The molecule has 0 bridgehead atoms. The summed E-state index contributed by atoms with van der Waals surface area (Å²) in [7, 11) is -1.94. The lowest BCUT2D eigenvalue weighted by Crippen LogP contribution is -2.46. The number of hydrogen-bond acceptors (Lipinski definition) is 4. The first kappa shape index (κ1) is 18.4. The molecule has 2 heterocycles. The van der Waals surface area contributed by atoms with Crippen molar-refractivity contribution in [2.45, 2.75) is 44.9 Å². The highest BCUT2D eigenvalue weighted by molar-refractivity contribution is 7.73. The second kappa shape index (κ2) is 6.50. The maximum absolute atomic E-state index is 11.5. The van der Waals surface area contributed by atoms with Crippen molar-refractivity contribution >= 4 is 43.5 Å². The van der Waals surface area contributed by atoms with Crippen LogP contribution in [0.2, 0.25) is 18.1 Å². The molecule has 8 heteroatoms. The minimum Gasteiger partial charge on any atom is -0.465 e. The zero-order chi connectivity index (χ0) is 17.4. The van der Waals surface area contributed by atoms with Gasteiger partial charge in [0.1, 0.15) is 0 Å². The smallest absolute Gasteiger partial charge is 0.408 e. The second-order valence-electron chi connectivity index (χ2n) is 7.24. The van der Waals surface area contributed by atoms with E-state index in [0.717, 1.165) is 11.3 Å². The molecule has 0 saturated heterocycles. The van der Waals surface area contributed by atoms with E-state index in [0.29, 0.717) is 17.1 Å². The van der Waals surface area contributed by atoms with Gasteiger partial charge in [-0.2, -0.15) is 0 Å². The number of amides is 1. The molecular formula is C15H24N2O3S2Si. The summed E-state index contributed by atoms with van der Waals surface area (Å²) < 4.78 is 6.97. The number of nitrogens with zero attached hydrogens (tertiary/aromatic N) is 1. The van der Waals surface area contributed by atoms with Gasteiger partial charge in [-0.25, -0.2) is 4.79 Å². The summed E-state index contributed by atoms with van der Waals surface area (Å²) >= 11 is 6.59. The average molecular weight is 373 g/mol. The van der Waals surface area contributed by atoms with E-state index in [4.69, 9.17) is 16.6 Å². The van der Waals surface area contributed by atoms with Gasteiger partial charge in [0.05, 0.1) is 18.3 Å². The van der Waals surface area contributed by atoms with Gasteiger partial charge in [0, 0.05) is 11.9 Å². The van der Waals surface area contributed by atoms with Crippen LogP contribution in [0, 0.1) is 3.95 Å². The maximum Gasteiger partial charge on any atom is 0.408 e. The van der Waals surface area contributed by atoms with Crippen LogP contribution in [0.25, 0.3) is 5.57 Å². The highest BCUT2D eigenvalue weighted by atomic mass is 32.1. The van der Waals surface area contributed by atoms with Gasteiger partial charge in [0.2, 0.25) is 0 Å². The number of carboxylic acid groups (broad SMARTS) is 1. The van der Waals surface area contributed by atoms with Crippen molar-refractivity contribution in [3.8, 4) is 0 Å². The summed E-state index contributed by atoms with van der Waals surface area (Å²) in [6.07, 6.45) is 1.02. The van der Waals surface area contributed by atoms with Crippen LogP contribution in [-0.2, 0) is 4.43 Å². The summed E-state index contributed by atoms with van der Waals surface area (Å²) in [6.45, 7) is 11.6. The third-order valence-electron chi connectivity index (χ3n) is 4.73. The lowest BCUT2D eigenvalue weighted by molar-refractivity contribution is 0.128. The van der Waals surface area contributed by atoms with Gasteiger partial charge >= 0.3 is 6.09 Å². The van der Waals surface area contributed by atoms with Crippen molar-refractivity contribution in [1.29, 1.82) is 0 Å². The third-order valence-corrected chi connectivity index (χ3v) is 10.3. The third kappa shape index (κ3) is 3.93. The molecule has 23 heavy (non-hydrogen) atoms. The Bertz CT molecular complexity index is 673. The molecule has 1 aromatic rings. The first-order chi connectivity index (χ1) is 10.5. The summed E-state index contributed by atoms with van der Waals surface area (Å²) in [5, 5.41) is 11.5. The Labute approximate surface area is 147 Å². The molecule has 0 aromatic carbocycles. The van der Waals surface area contributed by atoms with Crippen LogP contribution in [0.5, 0.6) is 0 Å². The van der Waals surface area contributed by atoms with E-state index in [-0.39, 0.29) is 11.1 Å². The van der Waals surface area contributed by atoms with Crippen molar-refractivity contribution in [3.05, 3.63) is 21.1 Å². The van der Waals surface area contributed by atoms with E-state index >= 15 is 0 Å². The van der Waals surface area contributed by atoms with Crippen LogP contribution in [-0.4, -0.2) is 48.6 Å². The Balaban J connectivity index is 2.22. The van der Waals surface area contributed by atoms with Crippen molar-refractivity contribution in [2.24, 2.45) is 0 Å². The highest BCUT2D eigenvalue weighted by Crippen LogP contribution is 2.38. The molecule has 1 aliphatic rings. The molecule has 0 radical (unpaired) electrons. The highest BCUT2D eigenvalue weighted by Gasteiger charge is 2.40. The van der Waals surface area contributed by atoms with E-state index in [2.05, 4.69) is 38.8 Å². The van der Waals surface area contributed by atoms with E-state index in [1.165, 1.54) is 16.2 Å². The maximum atomic E-state index is 11.5. The van der Waals surface area contributed by atoms with Gasteiger partial charge in [-0.1, -0.05) is 26.8 Å². The molecule has 1 amide bonds. The Morgan fingerprint density at radius 1 is 1.57 bits per heavy atom. The Morgan fingerprint density at radius 3 is 2.70 bits per heavy atom. The van der Waals surface area contributed by atoms with Gasteiger partial charge in [-0.05, 0) is 35.9 Å². The van der Waals surface area contributed by atoms with Crippen molar-refractivity contribution < 1.29 is 14.3 Å². The van der Waals surface area contributed by atoms with Crippen molar-refractivity contribution in [3.63, 3.8) is 0 Å². The largest absolute Gasteiger partial charge is 0.465 e. The molecule has 1 atom stereocenters. The minimum atomic E-state index is -1.94. The zero-order valence-electron chi connectivity index (χ0n) is 14.2. The normalized spacial score (nSPS) is 19.1. The molecule has 5 nitrogen and oxygen atoms in total. The zero-order valence-corrected chi connectivity index (χ0v) is 16.8. The first-order valence-corrected chi connectivity index (χ1v) is 11.7. The molecule has 1 aliphatic heterocycles. The van der Waals surface area contributed by atoms with Crippen LogP contribution in [0.3, 0.4) is 0 Å². The number of rotatable bonds is 4. The van der Waals surface area contributed by atoms with E-state index in [9.17, 15) is 9.90 Å². The van der Waals surface area contributed by atoms with Crippen molar-refractivity contribution in [2.75, 3.05) is 13.2 Å². The molecular weight excluding hydrogens is 348 g/mol. The van der Waals surface area contributed by atoms with E-state index in [1.807, 2.05) is 11.5 Å². The minimum absolute atomic E-state index is 0.0891. The van der Waals surface area contributed by atoms with E-state index in [1.54, 1.807) is 0 Å². The fourth-order valence-electron chi connectivity index (χ4n) is 2.23. The SMILES string of the molecule is CC(C)(C)[Si](C)(C)OC[C@@H]1C(c2csc(=S)[nH]2)=CCN1C(=O)O. The van der Waals surface area contributed by atoms with Crippen LogP contribution in [0.15, 0.2) is 11.5 Å². The van der Waals surface area contributed by atoms with Gasteiger partial charge in [-0.15, -0.1) is 11.3 Å². The fraction of sp³-hybridized carbons (Fsp3) is 0.600. The topological polar surface area (TPSA) is 65.6 Å². The Hall–Kier alpha value is -0.963. The standard InChI is InChI=1S/C15H24N2O3S2Si/c1-15(2,3)23(4,5)20-8-12-10(6-7-17(12)14(18)19)11-9-22-13(21)16-11/h6,9,12H,7-8H2,1-5H3,(H,16,21)(H,18,19)/t12-/m1/s1. The van der Waals surface area contributed by atoms with Crippen molar-refractivity contribution in [1.82, 2.24) is 9.88 Å². The van der Waals surface area contributed by atoms with E-state index < -0.39 is 14.4 Å². The molecule has 0 spiro atoms. The summed E-state index contributed by atoms with van der Waals surface area (Å²) in [6, 6.07) is -0.290. The second-order valence-corrected chi connectivity index (χ2v) is 13.6. The number of H-pyrrole nitrogens is 1. The van der Waals surface area contributed by atoms with Crippen LogP contribution in [0.4, 0.5) is 4.79 Å². The van der Waals surface area contributed by atoms with Crippen LogP contribution >= 0.6 is 23.6 Å². The summed E-state index contributed by atoms with van der Waals surface area (Å²) in [5.41, 5.74) is 1.85. The molecule has 2 N–H and O–H groups in total. The number of aromatic amines is 1. The molecule has 2 rings (SSSR count). The molecule has 128 valence electrons. The summed E-state index contributed by atoms with van der Waals surface area (Å²) in [4.78, 5) is 16.1. The van der Waals surface area contributed by atoms with Gasteiger partial charge in [0.25, 0.3) is 0 Å². The summed E-state index contributed by atoms with van der Waals surface area (Å²) in [5.74, 6) is 0. The lowest BCUT2D eigenvalue weighted by Gasteiger charge is -2.38. The molecule has 0 aliphatic carbocycles. The molecule has 0 unspecified atom stereocenters. The van der Waals surface area contributed by atoms with Gasteiger partial charge < -0.3 is 14.5 Å². The average Bonchev–Trinajstić information content (AvgIpc) is 3.00. The monoisotopic (exact) mass is 372 g/mol. The number of hydrogen-bond donors (Lipinski definition) is 2. The number of aromatic nitrogens is 1. The lowest BCUT2D eigenvalue weighted by atomic mass is 10.1.